The quantitative estimate of drug-likeness (QED) is 0.658. The van der Waals surface area contributed by atoms with Gasteiger partial charge in [0.1, 0.15) is 0 Å². The molecule has 0 unspecified atom stereocenters. The van der Waals surface area contributed by atoms with Gasteiger partial charge in [-0.05, 0) is 28.5 Å². The van der Waals surface area contributed by atoms with Crippen molar-refractivity contribution in [1.82, 2.24) is 15.1 Å². The van der Waals surface area contributed by atoms with E-state index >= 15 is 0 Å². The van der Waals surface area contributed by atoms with Crippen molar-refractivity contribution in [1.29, 1.82) is 0 Å². The van der Waals surface area contributed by atoms with Gasteiger partial charge in [0.05, 0.1) is 17.5 Å². The van der Waals surface area contributed by atoms with Crippen LogP contribution in [0.25, 0.3) is 0 Å². The average Bonchev–Trinajstić information content (AvgIpc) is 3.47. The number of hydrogen-bond acceptors (Lipinski definition) is 5. The number of carbonyl (C=O) groups is 2. The maximum absolute atomic E-state index is 12.8. The van der Waals surface area contributed by atoms with Gasteiger partial charge in [-0.25, -0.2) is 0 Å². The SMILES string of the molecule is O=C(CN1CCN(C(=O)c2cccs2)CC1)N[C@@H](c1ccccc1)c1cccs1. The van der Waals surface area contributed by atoms with Crippen LogP contribution in [0.2, 0.25) is 0 Å². The lowest BCUT2D eigenvalue weighted by atomic mass is 10.1. The third-order valence-corrected chi connectivity index (χ3v) is 6.82. The molecule has 150 valence electrons. The van der Waals surface area contributed by atoms with Gasteiger partial charge in [0.15, 0.2) is 0 Å². The Hall–Kier alpha value is -2.48. The Kier molecular flexibility index (Phi) is 6.39. The molecule has 0 radical (unpaired) electrons. The zero-order valence-electron chi connectivity index (χ0n) is 16.0. The predicted molar refractivity (Wildman–Crippen MR) is 117 cm³/mol. The van der Waals surface area contributed by atoms with Crippen molar-refractivity contribution in [3.05, 3.63) is 80.7 Å². The summed E-state index contributed by atoms with van der Waals surface area (Å²) < 4.78 is 0. The van der Waals surface area contributed by atoms with Crippen molar-refractivity contribution >= 4 is 34.5 Å². The highest BCUT2D eigenvalue weighted by Gasteiger charge is 2.25. The van der Waals surface area contributed by atoms with Crippen LogP contribution < -0.4 is 5.32 Å². The highest BCUT2D eigenvalue weighted by atomic mass is 32.1. The van der Waals surface area contributed by atoms with Crippen LogP contribution >= 0.6 is 22.7 Å². The monoisotopic (exact) mass is 425 g/mol. The highest BCUT2D eigenvalue weighted by Crippen LogP contribution is 2.26. The standard InChI is InChI=1S/C22H23N3O2S2/c26-20(23-21(18-8-4-14-28-18)17-6-2-1-3-7-17)16-24-10-12-25(13-11-24)22(27)19-9-5-15-29-19/h1-9,14-15,21H,10-13,16H2,(H,23,26)/t21-/m0/s1. The van der Waals surface area contributed by atoms with Crippen molar-refractivity contribution in [2.45, 2.75) is 6.04 Å². The first-order valence-electron chi connectivity index (χ1n) is 9.63. The first-order chi connectivity index (χ1) is 14.2. The summed E-state index contributed by atoms with van der Waals surface area (Å²) in [4.78, 5) is 31.1. The number of amides is 2. The molecule has 2 aromatic heterocycles. The summed E-state index contributed by atoms with van der Waals surface area (Å²) in [5.74, 6) is 0.0937. The molecule has 0 aliphatic carbocycles. The minimum Gasteiger partial charge on any atom is -0.343 e. The van der Waals surface area contributed by atoms with Gasteiger partial charge in [-0.1, -0.05) is 42.5 Å². The molecule has 0 bridgehead atoms. The van der Waals surface area contributed by atoms with E-state index in [4.69, 9.17) is 0 Å². The molecule has 1 saturated heterocycles. The van der Waals surface area contributed by atoms with E-state index in [1.54, 1.807) is 11.3 Å². The molecule has 1 atom stereocenters. The topological polar surface area (TPSA) is 52.7 Å². The molecule has 2 amide bonds. The highest BCUT2D eigenvalue weighted by molar-refractivity contribution is 7.12. The largest absolute Gasteiger partial charge is 0.343 e. The predicted octanol–water partition coefficient (Wildman–Crippen LogP) is 3.47. The van der Waals surface area contributed by atoms with Crippen LogP contribution in [-0.2, 0) is 4.79 Å². The molecule has 3 heterocycles. The molecule has 1 fully saturated rings. The second-order valence-corrected chi connectivity index (χ2v) is 8.90. The summed E-state index contributed by atoms with van der Waals surface area (Å²) in [6, 6.07) is 17.7. The van der Waals surface area contributed by atoms with Gasteiger partial charge in [0.2, 0.25) is 5.91 Å². The van der Waals surface area contributed by atoms with E-state index < -0.39 is 0 Å². The Morgan fingerprint density at radius 2 is 1.62 bits per heavy atom. The van der Waals surface area contributed by atoms with Crippen LogP contribution in [0, 0.1) is 0 Å². The number of nitrogens with zero attached hydrogens (tertiary/aromatic N) is 2. The number of piperazine rings is 1. The normalized spacial score (nSPS) is 15.8. The van der Waals surface area contributed by atoms with Crippen LogP contribution in [0.5, 0.6) is 0 Å². The van der Waals surface area contributed by atoms with Gasteiger partial charge in [-0.3, -0.25) is 14.5 Å². The fourth-order valence-electron chi connectivity index (χ4n) is 3.49. The molecular formula is C22H23N3O2S2. The Labute approximate surface area is 178 Å². The molecule has 3 aromatic rings. The minimum absolute atomic E-state index is 0.00489. The van der Waals surface area contributed by atoms with E-state index in [1.165, 1.54) is 11.3 Å². The lowest BCUT2D eigenvalue weighted by Gasteiger charge is -2.34. The lowest BCUT2D eigenvalue weighted by Crippen LogP contribution is -2.51. The molecule has 1 aliphatic rings. The van der Waals surface area contributed by atoms with E-state index in [9.17, 15) is 9.59 Å². The number of benzene rings is 1. The van der Waals surface area contributed by atoms with Crippen LogP contribution in [0.15, 0.2) is 65.4 Å². The summed E-state index contributed by atoms with van der Waals surface area (Å²) in [6.07, 6.45) is 0. The van der Waals surface area contributed by atoms with Crippen molar-refractivity contribution in [3.8, 4) is 0 Å². The number of hydrogen-bond donors (Lipinski definition) is 1. The molecule has 0 spiro atoms. The number of rotatable bonds is 6. The number of carbonyl (C=O) groups excluding carboxylic acids is 2. The molecule has 4 rings (SSSR count). The van der Waals surface area contributed by atoms with Gasteiger partial charge in [0, 0.05) is 31.1 Å². The van der Waals surface area contributed by atoms with Crippen LogP contribution in [0.4, 0.5) is 0 Å². The van der Waals surface area contributed by atoms with E-state index in [0.717, 1.165) is 15.3 Å². The summed E-state index contributed by atoms with van der Waals surface area (Å²) in [5.41, 5.74) is 1.08. The molecular weight excluding hydrogens is 402 g/mol. The van der Waals surface area contributed by atoms with E-state index in [0.29, 0.717) is 32.7 Å². The van der Waals surface area contributed by atoms with E-state index in [2.05, 4.69) is 16.3 Å². The second kappa shape index (κ2) is 9.35. The Bertz CT molecular complexity index is 918. The smallest absolute Gasteiger partial charge is 0.264 e. The third kappa shape index (κ3) is 4.93. The first-order valence-corrected chi connectivity index (χ1v) is 11.4. The maximum Gasteiger partial charge on any atom is 0.264 e. The van der Waals surface area contributed by atoms with Crippen LogP contribution in [-0.4, -0.2) is 54.3 Å². The summed E-state index contributed by atoms with van der Waals surface area (Å²) >= 11 is 3.12. The number of thiophene rings is 2. The zero-order valence-corrected chi connectivity index (χ0v) is 17.6. The average molecular weight is 426 g/mol. The molecule has 7 heteroatoms. The third-order valence-electron chi connectivity index (χ3n) is 5.02. The van der Waals surface area contributed by atoms with E-state index in [-0.39, 0.29) is 17.9 Å². The van der Waals surface area contributed by atoms with E-state index in [1.807, 2.05) is 64.2 Å². The molecule has 5 nitrogen and oxygen atoms in total. The van der Waals surface area contributed by atoms with Gasteiger partial charge >= 0.3 is 0 Å². The van der Waals surface area contributed by atoms with Gasteiger partial charge in [0.25, 0.3) is 5.91 Å². The van der Waals surface area contributed by atoms with Crippen molar-refractivity contribution in [2.75, 3.05) is 32.7 Å². The minimum atomic E-state index is -0.134. The molecule has 1 aromatic carbocycles. The van der Waals surface area contributed by atoms with Crippen molar-refractivity contribution < 1.29 is 9.59 Å². The lowest BCUT2D eigenvalue weighted by molar-refractivity contribution is -0.123. The van der Waals surface area contributed by atoms with Crippen molar-refractivity contribution in [3.63, 3.8) is 0 Å². The first kappa shape index (κ1) is 19.8. The molecule has 29 heavy (non-hydrogen) atoms. The Morgan fingerprint density at radius 3 is 2.28 bits per heavy atom. The second-order valence-electron chi connectivity index (χ2n) is 6.97. The molecule has 0 saturated carbocycles. The maximum atomic E-state index is 12.8. The summed E-state index contributed by atoms with van der Waals surface area (Å²) in [6.45, 7) is 3.06. The summed E-state index contributed by atoms with van der Waals surface area (Å²) in [5, 5.41) is 7.14. The molecule has 1 N–H and O–H groups in total. The van der Waals surface area contributed by atoms with Gasteiger partial charge < -0.3 is 10.2 Å². The zero-order chi connectivity index (χ0) is 20.1. The van der Waals surface area contributed by atoms with Crippen LogP contribution in [0.3, 0.4) is 0 Å². The van der Waals surface area contributed by atoms with Gasteiger partial charge in [-0.2, -0.15) is 0 Å². The van der Waals surface area contributed by atoms with Crippen LogP contribution in [0.1, 0.15) is 26.2 Å². The fourth-order valence-corrected chi connectivity index (χ4v) is 4.99. The number of nitrogens with one attached hydrogen (secondary N) is 1. The summed E-state index contributed by atoms with van der Waals surface area (Å²) in [7, 11) is 0. The Morgan fingerprint density at radius 1 is 0.897 bits per heavy atom. The van der Waals surface area contributed by atoms with Crippen molar-refractivity contribution in [2.24, 2.45) is 0 Å². The fraction of sp³-hybridized carbons (Fsp3) is 0.273. The molecule has 1 aliphatic heterocycles. The Balaban J connectivity index is 1.33. The van der Waals surface area contributed by atoms with Gasteiger partial charge in [-0.15, -0.1) is 22.7 Å².